The number of ether oxygens (including phenoxy) is 2. The van der Waals surface area contributed by atoms with Crippen LogP contribution in [0.2, 0.25) is 0 Å². The van der Waals surface area contributed by atoms with E-state index in [-0.39, 0.29) is 6.10 Å². The Morgan fingerprint density at radius 1 is 1.23 bits per heavy atom. The van der Waals surface area contributed by atoms with Crippen molar-refractivity contribution in [2.75, 3.05) is 33.4 Å². The van der Waals surface area contributed by atoms with E-state index in [0.717, 1.165) is 48.3 Å². The Kier molecular flexibility index (Phi) is 7.64. The van der Waals surface area contributed by atoms with Crippen molar-refractivity contribution in [2.45, 2.75) is 39.4 Å². The average molecular weight is 412 g/mol. The van der Waals surface area contributed by atoms with Gasteiger partial charge in [-0.2, -0.15) is 0 Å². The van der Waals surface area contributed by atoms with Gasteiger partial charge in [-0.3, -0.25) is 0 Å². The Bertz CT molecular complexity index is 866. The van der Waals surface area contributed by atoms with Gasteiger partial charge >= 0.3 is 5.97 Å². The summed E-state index contributed by atoms with van der Waals surface area (Å²) in [5.41, 5.74) is 4.32. The number of methoxy groups -OCH3 is 1. The molecule has 3 unspecified atom stereocenters. The second-order valence-corrected chi connectivity index (χ2v) is 8.41. The quantitative estimate of drug-likeness (QED) is 0.643. The highest BCUT2D eigenvalue weighted by atomic mass is 16.5. The molecule has 1 aliphatic heterocycles. The van der Waals surface area contributed by atoms with Gasteiger partial charge in [-0.25, -0.2) is 4.79 Å². The van der Waals surface area contributed by atoms with Gasteiger partial charge in [0.1, 0.15) is 0 Å². The normalized spacial score (nSPS) is 19.0. The molecular weight excluding hydrogens is 378 g/mol. The van der Waals surface area contributed by atoms with E-state index in [4.69, 9.17) is 9.47 Å². The number of rotatable bonds is 9. The summed E-state index contributed by atoms with van der Waals surface area (Å²) in [5.74, 6) is -0.458. The summed E-state index contributed by atoms with van der Waals surface area (Å²) in [5, 5.41) is 9.29. The Morgan fingerprint density at radius 2 is 2.00 bits per heavy atom. The van der Waals surface area contributed by atoms with E-state index < -0.39 is 5.97 Å². The topological polar surface area (TPSA) is 59.0 Å². The first-order valence-corrected chi connectivity index (χ1v) is 10.7. The molecule has 2 aromatic carbocycles. The van der Waals surface area contributed by atoms with Crippen molar-refractivity contribution in [3.8, 4) is 11.1 Å². The predicted octanol–water partition coefficient (Wildman–Crippen LogP) is 4.79. The van der Waals surface area contributed by atoms with Crippen LogP contribution in [0.15, 0.2) is 42.5 Å². The number of hydrogen-bond acceptors (Lipinski definition) is 4. The maximum absolute atomic E-state index is 11.3. The number of hydrogen-bond donors (Lipinski definition) is 1. The molecule has 3 atom stereocenters. The highest BCUT2D eigenvalue weighted by Crippen LogP contribution is 2.31. The molecular formula is C25H33NO4. The first kappa shape index (κ1) is 22.5. The largest absolute Gasteiger partial charge is 0.478 e. The third-order valence-electron chi connectivity index (χ3n) is 5.93. The zero-order valence-electron chi connectivity index (χ0n) is 18.4. The highest BCUT2D eigenvalue weighted by Gasteiger charge is 2.23. The maximum atomic E-state index is 11.3. The Balaban J connectivity index is 1.65. The molecule has 2 aromatic rings. The Morgan fingerprint density at radius 3 is 2.67 bits per heavy atom. The first-order chi connectivity index (χ1) is 14.4. The fraction of sp³-hybridized carbons (Fsp3) is 0.480. The molecule has 0 aliphatic carbocycles. The molecule has 0 aromatic heterocycles. The van der Waals surface area contributed by atoms with E-state index >= 15 is 0 Å². The second kappa shape index (κ2) is 10.2. The highest BCUT2D eigenvalue weighted by molar-refractivity contribution is 5.90. The van der Waals surface area contributed by atoms with Crippen LogP contribution in [0.1, 0.15) is 47.9 Å². The number of likely N-dealkylation sites (tertiary alicyclic amines) is 1. The molecule has 1 fully saturated rings. The van der Waals surface area contributed by atoms with Gasteiger partial charge in [-0.1, -0.05) is 43.3 Å². The van der Waals surface area contributed by atoms with Gasteiger partial charge in [0.25, 0.3) is 0 Å². The van der Waals surface area contributed by atoms with E-state index in [1.54, 1.807) is 13.2 Å². The van der Waals surface area contributed by atoms with Crippen LogP contribution in [0.3, 0.4) is 0 Å². The molecule has 0 saturated carbocycles. The molecule has 1 N–H and O–H groups in total. The Labute approximate surface area is 179 Å². The van der Waals surface area contributed by atoms with Gasteiger partial charge in [-0.15, -0.1) is 0 Å². The SMILES string of the molecule is COC1CCN(CC(C)COC(C)c2ccccc2-c2ccc(C(=O)O)c(C)c2)C1. The summed E-state index contributed by atoms with van der Waals surface area (Å²) < 4.78 is 11.7. The molecule has 5 nitrogen and oxygen atoms in total. The van der Waals surface area contributed by atoms with Crippen LogP contribution in [0.25, 0.3) is 11.1 Å². The molecule has 162 valence electrons. The minimum atomic E-state index is -0.896. The van der Waals surface area contributed by atoms with E-state index in [9.17, 15) is 9.90 Å². The van der Waals surface area contributed by atoms with E-state index in [1.807, 2.05) is 31.2 Å². The summed E-state index contributed by atoms with van der Waals surface area (Å²) in [6.45, 7) is 9.96. The van der Waals surface area contributed by atoms with E-state index in [1.165, 1.54) is 0 Å². The summed E-state index contributed by atoms with van der Waals surface area (Å²) in [6, 6.07) is 13.7. The van der Waals surface area contributed by atoms with Crippen molar-refractivity contribution in [2.24, 2.45) is 5.92 Å². The maximum Gasteiger partial charge on any atom is 0.335 e. The van der Waals surface area contributed by atoms with Gasteiger partial charge in [0.05, 0.1) is 24.4 Å². The summed E-state index contributed by atoms with van der Waals surface area (Å²) in [4.78, 5) is 13.8. The summed E-state index contributed by atoms with van der Waals surface area (Å²) in [6.07, 6.45) is 1.42. The molecule has 5 heteroatoms. The van der Waals surface area contributed by atoms with Crippen molar-refractivity contribution in [3.63, 3.8) is 0 Å². The van der Waals surface area contributed by atoms with Crippen LogP contribution in [-0.2, 0) is 9.47 Å². The third-order valence-corrected chi connectivity index (χ3v) is 5.93. The fourth-order valence-corrected chi connectivity index (χ4v) is 4.23. The molecule has 1 aliphatic rings. The zero-order chi connectivity index (χ0) is 21.7. The first-order valence-electron chi connectivity index (χ1n) is 10.7. The summed E-state index contributed by atoms with van der Waals surface area (Å²) >= 11 is 0. The summed E-state index contributed by atoms with van der Waals surface area (Å²) in [7, 11) is 1.79. The molecule has 0 bridgehead atoms. The van der Waals surface area contributed by atoms with Gasteiger partial charge in [0.2, 0.25) is 0 Å². The molecule has 30 heavy (non-hydrogen) atoms. The van der Waals surface area contributed by atoms with Crippen LogP contribution in [0, 0.1) is 12.8 Å². The van der Waals surface area contributed by atoms with Crippen LogP contribution in [-0.4, -0.2) is 55.4 Å². The monoisotopic (exact) mass is 411 g/mol. The molecule has 3 rings (SSSR count). The minimum absolute atomic E-state index is 0.0478. The number of benzene rings is 2. The van der Waals surface area contributed by atoms with E-state index in [2.05, 4.69) is 30.9 Å². The van der Waals surface area contributed by atoms with Crippen LogP contribution in [0.4, 0.5) is 0 Å². The van der Waals surface area contributed by atoms with Gasteiger partial charge in [-0.05, 0) is 54.5 Å². The average Bonchev–Trinajstić information content (AvgIpc) is 3.19. The van der Waals surface area contributed by atoms with Gasteiger partial charge in [0.15, 0.2) is 0 Å². The number of carbonyl (C=O) groups is 1. The van der Waals surface area contributed by atoms with E-state index in [0.29, 0.717) is 24.2 Å². The van der Waals surface area contributed by atoms with Crippen LogP contribution >= 0.6 is 0 Å². The second-order valence-electron chi connectivity index (χ2n) is 8.41. The van der Waals surface area contributed by atoms with Gasteiger partial charge in [0, 0.05) is 26.7 Å². The zero-order valence-corrected chi connectivity index (χ0v) is 18.4. The van der Waals surface area contributed by atoms with Crippen molar-refractivity contribution in [1.82, 2.24) is 4.90 Å². The lowest BCUT2D eigenvalue weighted by atomic mass is 9.94. The number of carboxylic acids is 1. The lowest BCUT2D eigenvalue weighted by Crippen LogP contribution is -2.29. The number of aromatic carboxylic acids is 1. The molecule has 0 amide bonds. The third kappa shape index (κ3) is 5.48. The molecule has 1 heterocycles. The van der Waals surface area contributed by atoms with Crippen LogP contribution < -0.4 is 0 Å². The molecule has 0 radical (unpaired) electrons. The molecule has 0 spiro atoms. The van der Waals surface area contributed by atoms with Crippen molar-refractivity contribution < 1.29 is 19.4 Å². The van der Waals surface area contributed by atoms with Crippen molar-refractivity contribution in [1.29, 1.82) is 0 Å². The minimum Gasteiger partial charge on any atom is -0.478 e. The standard InChI is InChI=1S/C25H33NO4/c1-17(14-26-12-11-21(15-26)29-4)16-30-19(3)23-7-5-6-8-24(23)20-9-10-22(25(27)28)18(2)13-20/h5-10,13,17,19,21H,11-12,14-16H2,1-4H3,(H,27,28). The van der Waals surface area contributed by atoms with Crippen molar-refractivity contribution >= 4 is 5.97 Å². The smallest absolute Gasteiger partial charge is 0.335 e. The lowest BCUT2D eigenvalue weighted by molar-refractivity contribution is 0.0341. The lowest BCUT2D eigenvalue weighted by Gasteiger charge is -2.23. The van der Waals surface area contributed by atoms with Crippen LogP contribution in [0.5, 0.6) is 0 Å². The van der Waals surface area contributed by atoms with Gasteiger partial charge < -0.3 is 19.5 Å². The van der Waals surface area contributed by atoms with Crippen molar-refractivity contribution in [3.05, 3.63) is 59.2 Å². The number of aryl methyl sites for hydroxylation is 1. The number of nitrogens with zero attached hydrogens (tertiary/aromatic N) is 1. The molecule has 1 saturated heterocycles. The predicted molar refractivity (Wildman–Crippen MR) is 119 cm³/mol. The number of carboxylic acid groups (broad SMARTS) is 1. The Hall–Kier alpha value is -2.21. The fourth-order valence-electron chi connectivity index (χ4n) is 4.23.